The molecule has 4 nitrogen and oxygen atoms in total. The summed E-state index contributed by atoms with van der Waals surface area (Å²) < 4.78 is 16.9. The number of hydrogen-bond acceptors (Lipinski definition) is 4. The van der Waals surface area contributed by atoms with Gasteiger partial charge in [-0.05, 0) is 49.2 Å². The van der Waals surface area contributed by atoms with Crippen molar-refractivity contribution in [2.45, 2.75) is 13.3 Å². The van der Waals surface area contributed by atoms with Crippen LogP contribution in [0, 0.1) is 6.92 Å². The summed E-state index contributed by atoms with van der Waals surface area (Å²) >= 11 is 0. The standard InChI is InChI=1S/C18H23NO3/c1-14-5-3-7-16(13-14)21-11-12-22-18-15(9-10-19)6-4-8-17(18)20-2/h3-8,13H,9-12,19H2,1-2H3. The Hall–Kier alpha value is -2.20. The summed E-state index contributed by atoms with van der Waals surface area (Å²) in [6, 6.07) is 13.8. The van der Waals surface area contributed by atoms with Gasteiger partial charge in [0.25, 0.3) is 0 Å². The number of benzene rings is 2. The van der Waals surface area contributed by atoms with Crippen molar-refractivity contribution in [2.24, 2.45) is 5.73 Å². The first kappa shape index (κ1) is 16.2. The zero-order valence-corrected chi connectivity index (χ0v) is 13.2. The van der Waals surface area contributed by atoms with E-state index in [2.05, 4.69) is 0 Å². The monoisotopic (exact) mass is 301 g/mol. The lowest BCUT2D eigenvalue weighted by Crippen LogP contribution is -2.12. The van der Waals surface area contributed by atoms with Gasteiger partial charge in [-0.25, -0.2) is 0 Å². The first-order valence-electron chi connectivity index (χ1n) is 7.43. The van der Waals surface area contributed by atoms with Gasteiger partial charge in [0.1, 0.15) is 19.0 Å². The topological polar surface area (TPSA) is 53.7 Å². The van der Waals surface area contributed by atoms with Crippen molar-refractivity contribution >= 4 is 0 Å². The van der Waals surface area contributed by atoms with Gasteiger partial charge in [0.05, 0.1) is 7.11 Å². The van der Waals surface area contributed by atoms with E-state index in [9.17, 15) is 0 Å². The Labute approximate surface area is 131 Å². The fraction of sp³-hybridized carbons (Fsp3) is 0.333. The van der Waals surface area contributed by atoms with Crippen LogP contribution in [0.1, 0.15) is 11.1 Å². The highest BCUT2D eigenvalue weighted by Gasteiger charge is 2.10. The maximum Gasteiger partial charge on any atom is 0.164 e. The van der Waals surface area contributed by atoms with E-state index in [1.54, 1.807) is 7.11 Å². The molecule has 0 heterocycles. The summed E-state index contributed by atoms with van der Waals surface area (Å²) in [5.74, 6) is 2.33. The van der Waals surface area contributed by atoms with Crippen LogP contribution in [0.5, 0.6) is 17.2 Å². The molecule has 0 spiro atoms. The van der Waals surface area contributed by atoms with Crippen LogP contribution in [0.4, 0.5) is 0 Å². The molecule has 0 aliphatic carbocycles. The van der Waals surface area contributed by atoms with Gasteiger partial charge in [-0.1, -0.05) is 24.3 Å². The largest absolute Gasteiger partial charge is 0.493 e. The molecule has 4 heteroatoms. The van der Waals surface area contributed by atoms with Gasteiger partial charge in [0.2, 0.25) is 0 Å². The van der Waals surface area contributed by atoms with Crippen LogP contribution in [0.2, 0.25) is 0 Å². The lowest BCUT2D eigenvalue weighted by atomic mass is 10.1. The van der Waals surface area contributed by atoms with Crippen LogP contribution in [0.15, 0.2) is 42.5 Å². The molecule has 2 aromatic carbocycles. The minimum atomic E-state index is 0.450. The van der Waals surface area contributed by atoms with Crippen LogP contribution in [-0.2, 0) is 6.42 Å². The van der Waals surface area contributed by atoms with Crippen molar-refractivity contribution in [2.75, 3.05) is 26.9 Å². The molecule has 0 amide bonds. The number of ether oxygens (including phenoxy) is 3. The predicted octanol–water partition coefficient (Wildman–Crippen LogP) is 2.96. The second-order valence-corrected chi connectivity index (χ2v) is 5.00. The third-order valence-corrected chi connectivity index (χ3v) is 3.28. The molecule has 2 rings (SSSR count). The van der Waals surface area contributed by atoms with Crippen molar-refractivity contribution in [3.05, 3.63) is 53.6 Å². The highest BCUT2D eigenvalue weighted by molar-refractivity contribution is 5.46. The van der Waals surface area contributed by atoms with Crippen LogP contribution < -0.4 is 19.9 Å². The van der Waals surface area contributed by atoms with E-state index in [-0.39, 0.29) is 0 Å². The molecule has 118 valence electrons. The summed E-state index contributed by atoms with van der Waals surface area (Å²) in [5.41, 5.74) is 7.87. The van der Waals surface area contributed by atoms with Gasteiger partial charge in [0.15, 0.2) is 11.5 Å². The van der Waals surface area contributed by atoms with E-state index >= 15 is 0 Å². The second-order valence-electron chi connectivity index (χ2n) is 5.00. The van der Waals surface area contributed by atoms with Gasteiger partial charge in [-0.15, -0.1) is 0 Å². The Morgan fingerprint density at radius 2 is 1.77 bits per heavy atom. The molecule has 22 heavy (non-hydrogen) atoms. The first-order valence-corrected chi connectivity index (χ1v) is 7.43. The summed E-state index contributed by atoms with van der Waals surface area (Å²) in [5, 5.41) is 0. The summed E-state index contributed by atoms with van der Waals surface area (Å²) in [7, 11) is 1.64. The minimum Gasteiger partial charge on any atom is -0.493 e. The normalized spacial score (nSPS) is 10.3. The molecule has 0 fully saturated rings. The number of nitrogens with two attached hydrogens (primary N) is 1. The Bertz CT molecular complexity index is 599. The van der Waals surface area contributed by atoms with E-state index < -0.39 is 0 Å². The van der Waals surface area contributed by atoms with Crippen molar-refractivity contribution in [1.29, 1.82) is 0 Å². The van der Waals surface area contributed by atoms with Crippen molar-refractivity contribution < 1.29 is 14.2 Å². The molecule has 0 aliphatic heterocycles. The average molecular weight is 301 g/mol. The third-order valence-electron chi connectivity index (χ3n) is 3.28. The van der Waals surface area contributed by atoms with Crippen LogP contribution in [0.3, 0.4) is 0 Å². The maximum absolute atomic E-state index is 5.86. The fourth-order valence-corrected chi connectivity index (χ4v) is 2.25. The zero-order chi connectivity index (χ0) is 15.8. The van der Waals surface area contributed by atoms with Crippen LogP contribution in [-0.4, -0.2) is 26.9 Å². The predicted molar refractivity (Wildman–Crippen MR) is 87.9 cm³/mol. The molecule has 0 saturated carbocycles. The van der Waals surface area contributed by atoms with Crippen molar-refractivity contribution in [1.82, 2.24) is 0 Å². The molecule has 2 N–H and O–H groups in total. The highest BCUT2D eigenvalue weighted by Crippen LogP contribution is 2.31. The third kappa shape index (κ3) is 4.40. The smallest absolute Gasteiger partial charge is 0.164 e. The summed E-state index contributed by atoms with van der Waals surface area (Å²) in [4.78, 5) is 0. The van der Waals surface area contributed by atoms with Gasteiger partial charge in [-0.2, -0.15) is 0 Å². The number of rotatable bonds is 8. The van der Waals surface area contributed by atoms with Crippen molar-refractivity contribution in [3.63, 3.8) is 0 Å². The van der Waals surface area contributed by atoms with Gasteiger partial charge < -0.3 is 19.9 Å². The molecule has 0 saturated heterocycles. The SMILES string of the molecule is COc1cccc(CCN)c1OCCOc1cccc(C)c1. The second kappa shape index (κ2) is 8.29. The van der Waals surface area contributed by atoms with E-state index in [0.29, 0.717) is 19.8 Å². The maximum atomic E-state index is 5.86. The molecule has 0 radical (unpaired) electrons. The molecule has 0 aliphatic rings. The number of methoxy groups -OCH3 is 1. The number of hydrogen-bond donors (Lipinski definition) is 1. The summed E-state index contributed by atoms with van der Waals surface area (Å²) in [6.07, 6.45) is 0.755. The molecule has 0 atom stereocenters. The Morgan fingerprint density at radius 1 is 1.00 bits per heavy atom. The molecule has 0 unspecified atom stereocenters. The first-order chi connectivity index (χ1) is 10.7. The van der Waals surface area contributed by atoms with E-state index in [0.717, 1.165) is 29.2 Å². The summed E-state index contributed by atoms with van der Waals surface area (Å²) in [6.45, 7) is 3.54. The molecule has 0 bridgehead atoms. The zero-order valence-electron chi connectivity index (χ0n) is 13.2. The molecule has 2 aromatic rings. The number of para-hydroxylation sites is 1. The lowest BCUT2D eigenvalue weighted by Gasteiger charge is -2.15. The molecular weight excluding hydrogens is 278 g/mol. The van der Waals surface area contributed by atoms with E-state index in [1.165, 1.54) is 5.56 Å². The Balaban J connectivity index is 1.93. The van der Waals surface area contributed by atoms with Crippen LogP contribution in [0.25, 0.3) is 0 Å². The van der Waals surface area contributed by atoms with Crippen LogP contribution >= 0.6 is 0 Å². The van der Waals surface area contributed by atoms with Crippen molar-refractivity contribution in [3.8, 4) is 17.2 Å². The molecular formula is C18H23NO3. The average Bonchev–Trinajstić information content (AvgIpc) is 2.53. The highest BCUT2D eigenvalue weighted by atomic mass is 16.5. The fourth-order valence-electron chi connectivity index (χ4n) is 2.25. The Kier molecular flexibility index (Phi) is 6.10. The lowest BCUT2D eigenvalue weighted by molar-refractivity contribution is 0.210. The van der Waals surface area contributed by atoms with Gasteiger partial charge in [-0.3, -0.25) is 0 Å². The van der Waals surface area contributed by atoms with E-state index in [1.807, 2.05) is 49.4 Å². The minimum absolute atomic E-state index is 0.450. The van der Waals surface area contributed by atoms with Gasteiger partial charge >= 0.3 is 0 Å². The van der Waals surface area contributed by atoms with E-state index in [4.69, 9.17) is 19.9 Å². The quantitative estimate of drug-likeness (QED) is 0.762. The van der Waals surface area contributed by atoms with Gasteiger partial charge in [0, 0.05) is 0 Å². The molecule has 0 aromatic heterocycles. The number of aryl methyl sites for hydroxylation is 1. The Morgan fingerprint density at radius 3 is 2.50 bits per heavy atom.